The van der Waals surface area contributed by atoms with E-state index in [0.717, 1.165) is 6.07 Å². The third-order valence-corrected chi connectivity index (χ3v) is 5.51. The van der Waals surface area contributed by atoms with E-state index in [0.29, 0.717) is 11.6 Å². The molecule has 0 unspecified atom stereocenters. The first-order valence-electron chi connectivity index (χ1n) is 9.41. The first-order valence-corrected chi connectivity index (χ1v) is 9.79. The summed E-state index contributed by atoms with van der Waals surface area (Å²) in [4.78, 5) is 11.4. The van der Waals surface area contributed by atoms with Crippen molar-refractivity contribution in [3.8, 4) is 6.01 Å². The largest absolute Gasteiger partial charge is 0.456 e. The number of rotatable bonds is 5. The molecule has 2 aliphatic rings. The second kappa shape index (κ2) is 7.83. The van der Waals surface area contributed by atoms with Crippen molar-refractivity contribution in [1.29, 1.82) is 0 Å². The third kappa shape index (κ3) is 3.67. The van der Waals surface area contributed by atoms with Crippen LogP contribution in [0, 0.1) is 17.5 Å². The molecule has 3 N–H and O–H groups in total. The molecule has 4 heterocycles. The highest BCUT2D eigenvalue weighted by molar-refractivity contribution is 6.33. The predicted molar refractivity (Wildman–Crippen MR) is 102 cm³/mol. The Labute approximate surface area is 178 Å². The topological polar surface area (TPSA) is 102 Å². The summed E-state index contributed by atoms with van der Waals surface area (Å²) >= 11 is 6.21. The van der Waals surface area contributed by atoms with Gasteiger partial charge >= 0.3 is 0 Å². The molecule has 0 saturated carbocycles. The maximum Gasteiger partial charge on any atom is 0.296 e. The van der Waals surface area contributed by atoms with E-state index >= 15 is 0 Å². The van der Waals surface area contributed by atoms with Gasteiger partial charge in [0.25, 0.3) is 6.01 Å². The molecule has 2 aromatic heterocycles. The number of halogens is 4. The van der Waals surface area contributed by atoms with Gasteiger partial charge in [0.2, 0.25) is 0 Å². The number of H-pyrrole nitrogens is 1. The smallest absolute Gasteiger partial charge is 0.296 e. The minimum atomic E-state index is -1.28. The molecule has 8 nitrogen and oxygen atoms in total. The number of imidazole rings is 1. The summed E-state index contributed by atoms with van der Waals surface area (Å²) in [5.41, 5.74) is 0.236. The molecule has 2 saturated heterocycles. The molecule has 4 atom stereocenters. The minimum Gasteiger partial charge on any atom is -0.456 e. The summed E-state index contributed by atoms with van der Waals surface area (Å²) < 4.78 is 57.9. The van der Waals surface area contributed by atoms with E-state index in [1.165, 1.54) is 6.07 Å². The maximum atomic E-state index is 13.9. The summed E-state index contributed by atoms with van der Waals surface area (Å²) in [6, 6.07) is 3.23. The zero-order valence-corrected chi connectivity index (χ0v) is 16.5. The molecule has 0 radical (unpaired) electrons. The lowest BCUT2D eigenvalue weighted by molar-refractivity contribution is 0.00706. The van der Waals surface area contributed by atoms with Gasteiger partial charge in [0.15, 0.2) is 23.4 Å². The van der Waals surface area contributed by atoms with Crippen molar-refractivity contribution in [2.45, 2.75) is 31.0 Å². The number of hydrogen-bond acceptors (Lipinski definition) is 7. The molecule has 0 amide bonds. The number of aromatic amines is 1. The van der Waals surface area contributed by atoms with Gasteiger partial charge in [0.1, 0.15) is 29.9 Å². The monoisotopic (exact) mass is 456 g/mol. The minimum absolute atomic E-state index is 0.113. The van der Waals surface area contributed by atoms with Crippen molar-refractivity contribution in [3.63, 3.8) is 0 Å². The van der Waals surface area contributed by atoms with Crippen molar-refractivity contribution >= 4 is 28.6 Å². The molecular weight excluding hydrogens is 441 g/mol. The van der Waals surface area contributed by atoms with Crippen molar-refractivity contribution in [3.05, 3.63) is 46.2 Å². The number of pyridine rings is 1. The lowest BCUT2D eigenvalue weighted by Gasteiger charge is -2.15. The zero-order valence-electron chi connectivity index (χ0n) is 15.7. The van der Waals surface area contributed by atoms with Gasteiger partial charge in [-0.3, -0.25) is 0 Å². The standard InChI is InChI=1S/C19H16ClF3N4O4/c20-8-3-11-18(26-17(8)24-4-7-9(21)1-2-10(22)14(7)23)27-19(25-11)31-13-6-30-15-12(28)5-29-16(13)15/h1-3,12-13,15-16,28H,4-6H2,(H2,24,25,26,27)/t12-,13-,15-,16-/m1/s1. The van der Waals surface area contributed by atoms with Gasteiger partial charge < -0.3 is 29.6 Å². The Morgan fingerprint density at radius 2 is 1.94 bits per heavy atom. The Morgan fingerprint density at radius 1 is 1.16 bits per heavy atom. The Hall–Kier alpha value is -2.60. The summed E-state index contributed by atoms with van der Waals surface area (Å²) in [5, 5.41) is 12.7. The number of hydrogen-bond donors (Lipinski definition) is 3. The number of fused-ring (bicyclic) bond motifs is 2. The average molecular weight is 457 g/mol. The molecule has 1 aromatic carbocycles. The van der Waals surface area contributed by atoms with Crippen LogP contribution in [0.3, 0.4) is 0 Å². The van der Waals surface area contributed by atoms with Gasteiger partial charge in [-0.15, -0.1) is 0 Å². The highest BCUT2D eigenvalue weighted by atomic mass is 35.5. The number of ether oxygens (including phenoxy) is 3. The lowest BCUT2D eigenvalue weighted by Crippen LogP contribution is -2.34. The second-order valence-electron chi connectivity index (χ2n) is 7.23. The molecule has 3 aromatic rings. The van der Waals surface area contributed by atoms with Crippen LogP contribution in [-0.2, 0) is 16.0 Å². The molecule has 5 rings (SSSR count). The van der Waals surface area contributed by atoms with Crippen molar-refractivity contribution in [1.82, 2.24) is 15.0 Å². The highest BCUT2D eigenvalue weighted by Gasteiger charge is 2.48. The van der Waals surface area contributed by atoms with E-state index in [9.17, 15) is 18.3 Å². The first-order chi connectivity index (χ1) is 14.9. The van der Waals surface area contributed by atoms with Crippen molar-refractivity contribution < 1.29 is 32.5 Å². The number of aliphatic hydroxyl groups is 1. The van der Waals surface area contributed by atoms with E-state index < -0.39 is 47.4 Å². The van der Waals surface area contributed by atoms with Crippen LogP contribution < -0.4 is 10.1 Å². The van der Waals surface area contributed by atoms with E-state index in [-0.39, 0.29) is 42.3 Å². The van der Waals surface area contributed by atoms with Crippen LogP contribution in [0.4, 0.5) is 19.0 Å². The second-order valence-corrected chi connectivity index (χ2v) is 7.63. The number of nitrogens with zero attached hydrogens (tertiary/aromatic N) is 2. The molecule has 2 fully saturated rings. The van der Waals surface area contributed by atoms with Crippen molar-refractivity contribution in [2.24, 2.45) is 0 Å². The third-order valence-electron chi connectivity index (χ3n) is 5.22. The van der Waals surface area contributed by atoms with Gasteiger partial charge in [-0.2, -0.15) is 4.98 Å². The van der Waals surface area contributed by atoms with Crippen LogP contribution in [0.15, 0.2) is 18.2 Å². The molecular formula is C19H16ClF3N4O4. The first kappa shape index (κ1) is 20.3. The normalized spacial score (nSPS) is 25.2. The fourth-order valence-corrected chi connectivity index (χ4v) is 3.89. The molecule has 0 spiro atoms. The maximum absolute atomic E-state index is 13.9. The van der Waals surface area contributed by atoms with Gasteiger partial charge in [-0.25, -0.2) is 18.2 Å². The molecule has 12 heteroatoms. The summed E-state index contributed by atoms with van der Waals surface area (Å²) in [6.07, 6.45) is -2.01. The van der Waals surface area contributed by atoms with Crippen LogP contribution in [0.25, 0.3) is 11.2 Å². The van der Waals surface area contributed by atoms with Crippen LogP contribution in [0.2, 0.25) is 5.02 Å². The molecule has 2 aliphatic heterocycles. The number of nitrogens with one attached hydrogen (secondary N) is 2. The summed E-state index contributed by atoms with van der Waals surface area (Å²) in [7, 11) is 0. The Morgan fingerprint density at radius 3 is 2.77 bits per heavy atom. The van der Waals surface area contributed by atoms with Crippen LogP contribution in [-0.4, -0.2) is 57.7 Å². The number of aromatic nitrogens is 3. The lowest BCUT2D eigenvalue weighted by atomic mass is 10.1. The van der Waals surface area contributed by atoms with Gasteiger partial charge in [-0.05, 0) is 18.2 Å². The van der Waals surface area contributed by atoms with Gasteiger partial charge in [0.05, 0.1) is 23.8 Å². The average Bonchev–Trinajstić information content (AvgIpc) is 3.42. The number of anilines is 1. The highest BCUT2D eigenvalue weighted by Crippen LogP contribution is 2.31. The number of benzene rings is 1. The summed E-state index contributed by atoms with van der Waals surface area (Å²) in [6.45, 7) is 0.0345. The van der Waals surface area contributed by atoms with Crippen LogP contribution >= 0.6 is 11.6 Å². The Kier molecular flexibility index (Phi) is 5.13. The SMILES string of the molecule is O[C@@H]1CO[C@H]2[C@@H]1OC[C@H]2Oc1nc2nc(NCc3c(F)ccc(F)c3F)c(Cl)cc2[nH]1. The van der Waals surface area contributed by atoms with E-state index in [4.69, 9.17) is 25.8 Å². The fourth-order valence-electron chi connectivity index (χ4n) is 3.67. The molecule has 164 valence electrons. The van der Waals surface area contributed by atoms with Crippen LogP contribution in [0.5, 0.6) is 6.01 Å². The fraction of sp³-hybridized carbons (Fsp3) is 0.368. The van der Waals surface area contributed by atoms with E-state index in [1.54, 1.807) is 0 Å². The van der Waals surface area contributed by atoms with Crippen LogP contribution in [0.1, 0.15) is 5.56 Å². The van der Waals surface area contributed by atoms with E-state index in [2.05, 4.69) is 20.3 Å². The predicted octanol–water partition coefficient (Wildman–Crippen LogP) is 2.55. The Balaban J connectivity index is 1.34. The van der Waals surface area contributed by atoms with Crippen molar-refractivity contribution in [2.75, 3.05) is 18.5 Å². The van der Waals surface area contributed by atoms with E-state index in [1.807, 2.05) is 0 Å². The molecule has 0 bridgehead atoms. The number of aliphatic hydroxyl groups excluding tert-OH is 1. The zero-order chi connectivity index (χ0) is 21.7. The molecule has 0 aliphatic carbocycles. The van der Waals surface area contributed by atoms with Gasteiger partial charge in [0, 0.05) is 12.1 Å². The quantitative estimate of drug-likeness (QED) is 0.507. The van der Waals surface area contributed by atoms with Gasteiger partial charge in [-0.1, -0.05) is 11.6 Å². The Bertz CT molecular complexity index is 1150. The summed E-state index contributed by atoms with van der Waals surface area (Å²) in [5.74, 6) is -3.22. The molecule has 31 heavy (non-hydrogen) atoms.